The predicted molar refractivity (Wildman–Crippen MR) is 136 cm³/mol. The van der Waals surface area contributed by atoms with Gasteiger partial charge in [-0.15, -0.1) is 0 Å². The lowest BCUT2D eigenvalue weighted by Gasteiger charge is -2.14. The van der Waals surface area contributed by atoms with Crippen molar-refractivity contribution in [2.75, 3.05) is 13.2 Å². The van der Waals surface area contributed by atoms with Crippen LogP contribution in [0.15, 0.2) is 47.7 Å². The number of nitrogens with two attached hydrogens (primary N) is 1. The third kappa shape index (κ3) is 4.32. The SMILES string of the molecule is CCOc1c(C)cc(F)cc1Cn1c(=O)n(CCCN)c2cnc(-n3cnc4ccc(C#N)cc43)nc21. The Morgan fingerprint density at radius 1 is 1.16 bits per heavy atom. The van der Waals surface area contributed by atoms with Crippen LogP contribution in [-0.2, 0) is 13.1 Å². The maximum Gasteiger partial charge on any atom is 0.330 e. The third-order valence-corrected chi connectivity index (χ3v) is 6.16. The number of hydrogen-bond acceptors (Lipinski definition) is 7. The summed E-state index contributed by atoms with van der Waals surface area (Å²) < 4.78 is 24.9. The first-order chi connectivity index (χ1) is 17.9. The Labute approximate surface area is 211 Å². The lowest BCUT2D eigenvalue weighted by Crippen LogP contribution is -2.26. The number of nitriles is 1. The van der Waals surface area contributed by atoms with E-state index in [0.717, 1.165) is 0 Å². The number of rotatable bonds is 8. The lowest BCUT2D eigenvalue weighted by atomic mass is 10.1. The highest BCUT2D eigenvalue weighted by molar-refractivity contribution is 5.79. The molecule has 5 aromatic rings. The molecule has 10 nitrogen and oxygen atoms in total. The predicted octanol–water partition coefficient (Wildman–Crippen LogP) is 3.05. The molecule has 0 saturated heterocycles. The van der Waals surface area contributed by atoms with Gasteiger partial charge in [0.15, 0.2) is 5.65 Å². The van der Waals surface area contributed by atoms with Gasteiger partial charge in [0.1, 0.15) is 23.4 Å². The van der Waals surface area contributed by atoms with E-state index < -0.39 is 5.82 Å². The molecule has 3 aromatic heterocycles. The van der Waals surface area contributed by atoms with E-state index in [9.17, 15) is 14.4 Å². The lowest BCUT2D eigenvalue weighted by molar-refractivity contribution is 0.332. The van der Waals surface area contributed by atoms with Crippen LogP contribution in [0.3, 0.4) is 0 Å². The zero-order chi connectivity index (χ0) is 26.1. The molecule has 0 aliphatic carbocycles. The molecule has 0 aliphatic rings. The summed E-state index contributed by atoms with van der Waals surface area (Å²) in [6, 6.07) is 10.1. The second-order valence-corrected chi connectivity index (χ2v) is 8.62. The highest BCUT2D eigenvalue weighted by Gasteiger charge is 2.20. The summed E-state index contributed by atoms with van der Waals surface area (Å²) in [6.07, 6.45) is 3.75. The third-order valence-electron chi connectivity index (χ3n) is 6.16. The van der Waals surface area contributed by atoms with Gasteiger partial charge in [0.05, 0.1) is 42.0 Å². The van der Waals surface area contributed by atoms with E-state index in [2.05, 4.69) is 16.0 Å². The summed E-state index contributed by atoms with van der Waals surface area (Å²) in [5, 5.41) is 9.32. The minimum absolute atomic E-state index is 0.0542. The average molecular weight is 501 g/mol. The van der Waals surface area contributed by atoms with Crippen molar-refractivity contribution >= 4 is 22.2 Å². The van der Waals surface area contributed by atoms with Crippen LogP contribution in [0, 0.1) is 24.1 Å². The summed E-state index contributed by atoms with van der Waals surface area (Å²) in [5.41, 5.74) is 9.32. The number of benzene rings is 2. The number of aryl methyl sites for hydroxylation is 2. The molecule has 188 valence electrons. The molecule has 0 aliphatic heterocycles. The van der Waals surface area contributed by atoms with Crippen molar-refractivity contribution in [2.45, 2.75) is 33.4 Å². The maximum atomic E-state index is 14.4. The van der Waals surface area contributed by atoms with Gasteiger partial charge < -0.3 is 10.5 Å². The first-order valence-corrected chi connectivity index (χ1v) is 11.9. The Hall–Kier alpha value is -4.56. The van der Waals surface area contributed by atoms with E-state index in [4.69, 9.17) is 15.5 Å². The number of aromatic nitrogens is 6. The summed E-state index contributed by atoms with van der Waals surface area (Å²) in [6.45, 7) is 4.88. The fourth-order valence-electron chi connectivity index (χ4n) is 4.48. The molecule has 0 amide bonds. The van der Waals surface area contributed by atoms with Gasteiger partial charge in [-0.2, -0.15) is 10.2 Å². The summed E-state index contributed by atoms with van der Waals surface area (Å²) >= 11 is 0. The van der Waals surface area contributed by atoms with E-state index in [1.165, 1.54) is 16.7 Å². The van der Waals surface area contributed by atoms with Gasteiger partial charge in [-0.1, -0.05) is 0 Å². The highest BCUT2D eigenvalue weighted by atomic mass is 19.1. The number of hydrogen-bond donors (Lipinski definition) is 1. The van der Waals surface area contributed by atoms with Crippen molar-refractivity contribution in [3.05, 3.63) is 75.8 Å². The van der Waals surface area contributed by atoms with Crippen molar-refractivity contribution < 1.29 is 9.13 Å². The second-order valence-electron chi connectivity index (χ2n) is 8.62. The fraction of sp³-hybridized carbons (Fsp3) is 0.269. The zero-order valence-corrected chi connectivity index (χ0v) is 20.5. The molecule has 2 aromatic carbocycles. The van der Waals surface area contributed by atoms with Crippen LogP contribution in [0.4, 0.5) is 4.39 Å². The minimum Gasteiger partial charge on any atom is -0.493 e. The molecule has 5 rings (SSSR count). The van der Waals surface area contributed by atoms with E-state index in [-0.39, 0.29) is 18.2 Å². The molecule has 0 atom stereocenters. The van der Waals surface area contributed by atoms with Crippen molar-refractivity contribution in [3.63, 3.8) is 0 Å². The van der Waals surface area contributed by atoms with Crippen molar-refractivity contribution in [1.29, 1.82) is 5.26 Å². The van der Waals surface area contributed by atoms with Gasteiger partial charge in [0.25, 0.3) is 0 Å². The molecule has 2 N–H and O–H groups in total. The summed E-state index contributed by atoms with van der Waals surface area (Å²) in [4.78, 5) is 27.2. The molecule has 0 fully saturated rings. The highest BCUT2D eigenvalue weighted by Crippen LogP contribution is 2.27. The number of halogens is 1. The molecule has 37 heavy (non-hydrogen) atoms. The molecule has 3 heterocycles. The average Bonchev–Trinajstić information content (AvgIpc) is 3.42. The Kier molecular flexibility index (Phi) is 6.42. The number of ether oxygens (including phenoxy) is 1. The molecule has 11 heteroatoms. The van der Waals surface area contributed by atoms with E-state index in [1.807, 2.05) is 6.92 Å². The van der Waals surface area contributed by atoms with Crippen LogP contribution in [0.5, 0.6) is 5.75 Å². The minimum atomic E-state index is -0.413. The normalized spacial score (nSPS) is 11.3. The van der Waals surface area contributed by atoms with Crippen LogP contribution >= 0.6 is 0 Å². The first-order valence-electron chi connectivity index (χ1n) is 11.9. The van der Waals surface area contributed by atoms with E-state index >= 15 is 0 Å². The second kappa shape index (κ2) is 9.83. The molecule has 0 saturated carbocycles. The van der Waals surface area contributed by atoms with Crippen molar-refractivity contribution in [1.82, 2.24) is 28.7 Å². The molecular weight excluding hydrogens is 475 g/mol. The number of fused-ring (bicyclic) bond motifs is 2. The van der Waals surface area contributed by atoms with Crippen LogP contribution in [0.2, 0.25) is 0 Å². The van der Waals surface area contributed by atoms with Gasteiger partial charge in [-0.25, -0.2) is 19.2 Å². The smallest absolute Gasteiger partial charge is 0.330 e. The zero-order valence-electron chi connectivity index (χ0n) is 20.5. The molecule has 0 radical (unpaired) electrons. The Morgan fingerprint density at radius 3 is 2.76 bits per heavy atom. The van der Waals surface area contributed by atoms with Crippen LogP contribution in [-0.4, -0.2) is 41.8 Å². The van der Waals surface area contributed by atoms with Gasteiger partial charge in [-0.05, 0) is 62.7 Å². The van der Waals surface area contributed by atoms with Crippen molar-refractivity contribution in [2.24, 2.45) is 5.73 Å². The van der Waals surface area contributed by atoms with Crippen LogP contribution < -0.4 is 16.2 Å². The molecule has 0 spiro atoms. The number of nitrogens with zero attached hydrogens (tertiary/aromatic N) is 7. The first kappa shape index (κ1) is 24.1. The summed E-state index contributed by atoms with van der Waals surface area (Å²) in [7, 11) is 0. The van der Waals surface area contributed by atoms with Crippen molar-refractivity contribution in [3.8, 4) is 17.8 Å². The van der Waals surface area contributed by atoms with Gasteiger partial charge in [-0.3, -0.25) is 13.7 Å². The van der Waals surface area contributed by atoms with Crippen LogP contribution in [0.25, 0.3) is 28.1 Å². The molecule has 0 bridgehead atoms. The Balaban J connectivity index is 1.71. The van der Waals surface area contributed by atoms with Gasteiger partial charge >= 0.3 is 5.69 Å². The standard InChI is InChI=1S/C26H25FN8O2/c1-3-37-23-16(2)9-19(27)11-18(23)14-34-24-22(33(26(34)36)8-4-7-28)13-30-25(32-24)35-15-31-20-6-5-17(12-29)10-21(20)35/h5-6,9-11,13,15H,3-4,7-8,14,28H2,1-2H3. The van der Waals surface area contributed by atoms with Gasteiger partial charge in [0.2, 0.25) is 5.95 Å². The van der Waals surface area contributed by atoms with Crippen LogP contribution in [0.1, 0.15) is 30.0 Å². The van der Waals surface area contributed by atoms with E-state index in [1.54, 1.807) is 46.8 Å². The number of imidazole rings is 2. The quantitative estimate of drug-likeness (QED) is 0.347. The molecular formula is C26H25FN8O2. The van der Waals surface area contributed by atoms with E-state index in [0.29, 0.717) is 70.8 Å². The topological polar surface area (TPSA) is 130 Å². The Morgan fingerprint density at radius 2 is 2.00 bits per heavy atom. The Bertz CT molecular complexity index is 1730. The maximum absolute atomic E-state index is 14.4. The van der Waals surface area contributed by atoms with Gasteiger partial charge in [0, 0.05) is 12.1 Å². The molecule has 0 unspecified atom stereocenters. The fourth-order valence-corrected chi connectivity index (χ4v) is 4.48. The largest absolute Gasteiger partial charge is 0.493 e. The monoisotopic (exact) mass is 500 g/mol. The summed E-state index contributed by atoms with van der Waals surface area (Å²) in [5.74, 6) is 0.414.